The summed E-state index contributed by atoms with van der Waals surface area (Å²) in [7, 11) is 0. The van der Waals surface area contributed by atoms with E-state index in [9.17, 15) is 10.2 Å². The van der Waals surface area contributed by atoms with Crippen molar-refractivity contribution in [2.75, 3.05) is 13.2 Å². The van der Waals surface area contributed by atoms with Crippen molar-refractivity contribution in [3.8, 4) is 23.0 Å². The molecule has 1 aromatic carbocycles. The predicted octanol–water partition coefficient (Wildman–Crippen LogP) is 5.44. The van der Waals surface area contributed by atoms with E-state index >= 15 is 0 Å². The van der Waals surface area contributed by atoms with Gasteiger partial charge in [-0.25, -0.2) is 0 Å². The Labute approximate surface area is 151 Å². The number of rotatable bonds is 9. The van der Waals surface area contributed by atoms with Crippen LogP contribution in [0.5, 0.6) is 23.0 Å². The average molecular weight is 348 g/mol. The van der Waals surface area contributed by atoms with Gasteiger partial charge in [0.2, 0.25) is 11.5 Å². The van der Waals surface area contributed by atoms with Crippen molar-refractivity contribution in [2.45, 2.75) is 60.8 Å². The first-order chi connectivity index (χ1) is 11.8. The summed E-state index contributed by atoms with van der Waals surface area (Å²) in [5.74, 6) is 0.521. The second-order valence-electron chi connectivity index (χ2n) is 6.40. The highest BCUT2D eigenvalue weighted by molar-refractivity contribution is 5.66. The molecule has 4 nitrogen and oxygen atoms in total. The van der Waals surface area contributed by atoms with Gasteiger partial charge in [-0.05, 0) is 60.8 Å². The molecule has 1 rings (SSSR count). The number of ether oxygens (including phenoxy) is 2. The Morgan fingerprint density at radius 2 is 1.48 bits per heavy atom. The minimum atomic E-state index is 0.0358. The Kier molecular flexibility index (Phi) is 8.39. The summed E-state index contributed by atoms with van der Waals surface area (Å²) in [6.45, 7) is 12.5. The quantitative estimate of drug-likeness (QED) is 0.461. The minimum Gasteiger partial charge on any atom is -0.504 e. The smallest absolute Gasteiger partial charge is 0.207 e. The third kappa shape index (κ3) is 5.73. The molecule has 0 spiro atoms. The number of aromatic hydroxyl groups is 2. The lowest BCUT2D eigenvalue weighted by molar-refractivity contribution is 0.263. The van der Waals surface area contributed by atoms with Gasteiger partial charge in [0.05, 0.1) is 13.2 Å². The highest BCUT2D eigenvalue weighted by atomic mass is 16.5. The van der Waals surface area contributed by atoms with E-state index in [1.165, 1.54) is 11.1 Å². The van der Waals surface area contributed by atoms with Gasteiger partial charge in [0.25, 0.3) is 0 Å². The largest absolute Gasteiger partial charge is 0.504 e. The molecular formula is C21H32O4. The molecule has 0 saturated carbocycles. The van der Waals surface area contributed by atoms with Crippen LogP contribution in [0.4, 0.5) is 0 Å². The Morgan fingerprint density at radius 1 is 0.920 bits per heavy atom. The zero-order valence-electron chi connectivity index (χ0n) is 16.4. The molecular weight excluding hydrogens is 316 g/mol. The summed E-state index contributed by atoms with van der Waals surface area (Å²) in [6, 6.07) is 0. The van der Waals surface area contributed by atoms with Crippen molar-refractivity contribution >= 4 is 0 Å². The van der Waals surface area contributed by atoms with Gasteiger partial charge >= 0.3 is 0 Å². The van der Waals surface area contributed by atoms with Crippen molar-refractivity contribution in [3.63, 3.8) is 0 Å². The van der Waals surface area contributed by atoms with Gasteiger partial charge in [-0.3, -0.25) is 0 Å². The van der Waals surface area contributed by atoms with E-state index in [-0.39, 0.29) is 23.0 Å². The monoisotopic (exact) mass is 348 g/mol. The molecule has 0 aliphatic rings. The first-order valence-corrected chi connectivity index (χ1v) is 8.95. The summed E-state index contributed by atoms with van der Waals surface area (Å²) in [5.41, 5.74) is 3.87. The Hall–Kier alpha value is -2.10. The number of hydrogen-bond acceptors (Lipinski definition) is 4. The molecule has 0 fully saturated rings. The van der Waals surface area contributed by atoms with Crippen molar-refractivity contribution in [2.24, 2.45) is 0 Å². The lowest BCUT2D eigenvalue weighted by Crippen LogP contribution is -2.03. The maximum absolute atomic E-state index is 10.6. The molecule has 0 aliphatic heterocycles. The van der Waals surface area contributed by atoms with Crippen LogP contribution in [0.1, 0.15) is 58.6 Å². The van der Waals surface area contributed by atoms with Crippen LogP contribution in [0.2, 0.25) is 0 Å². The second-order valence-corrected chi connectivity index (χ2v) is 6.40. The lowest BCUT2D eigenvalue weighted by atomic mass is 9.99. The number of allylic oxidation sites excluding steroid dienone is 4. The van der Waals surface area contributed by atoms with Gasteiger partial charge in [0.1, 0.15) is 0 Å². The fraction of sp³-hybridized carbons (Fsp3) is 0.524. The van der Waals surface area contributed by atoms with Gasteiger partial charge in [0, 0.05) is 11.1 Å². The van der Waals surface area contributed by atoms with Crippen LogP contribution < -0.4 is 9.47 Å². The van der Waals surface area contributed by atoms with Crippen LogP contribution in [0.25, 0.3) is 0 Å². The molecule has 0 amide bonds. The van der Waals surface area contributed by atoms with Crippen LogP contribution in [-0.4, -0.2) is 23.4 Å². The SMILES string of the molecule is CCOc1c(O)c(C)c(C/C=C(\C)CCC=C(C)C)c(O)c1OCC. The molecule has 0 radical (unpaired) electrons. The minimum absolute atomic E-state index is 0.0358. The zero-order valence-corrected chi connectivity index (χ0v) is 16.4. The van der Waals surface area contributed by atoms with Crippen LogP contribution >= 0.6 is 0 Å². The third-order valence-electron chi connectivity index (χ3n) is 4.05. The fourth-order valence-corrected chi connectivity index (χ4v) is 2.62. The number of phenolic OH excluding ortho intramolecular Hbond substituents is 2. The van der Waals surface area contributed by atoms with E-state index in [1.54, 1.807) is 6.92 Å². The molecule has 0 heterocycles. The fourth-order valence-electron chi connectivity index (χ4n) is 2.62. The molecule has 0 aliphatic carbocycles. The molecule has 0 unspecified atom stereocenters. The zero-order chi connectivity index (χ0) is 19.0. The van der Waals surface area contributed by atoms with Crippen molar-refractivity contribution in [1.29, 1.82) is 0 Å². The first-order valence-electron chi connectivity index (χ1n) is 8.95. The predicted molar refractivity (Wildman–Crippen MR) is 103 cm³/mol. The van der Waals surface area contributed by atoms with Crippen molar-refractivity contribution in [1.82, 2.24) is 0 Å². The van der Waals surface area contributed by atoms with Crippen LogP contribution in [-0.2, 0) is 6.42 Å². The number of phenols is 2. The van der Waals surface area contributed by atoms with Crippen molar-refractivity contribution in [3.05, 3.63) is 34.4 Å². The number of hydrogen-bond donors (Lipinski definition) is 2. The Morgan fingerprint density at radius 3 is 2.00 bits per heavy atom. The molecule has 1 aromatic rings. The molecule has 0 aromatic heterocycles. The molecule has 4 heteroatoms. The van der Waals surface area contributed by atoms with Crippen LogP contribution in [0, 0.1) is 6.92 Å². The Balaban J connectivity index is 3.12. The highest BCUT2D eigenvalue weighted by Crippen LogP contribution is 2.48. The molecule has 0 saturated heterocycles. The molecule has 0 atom stereocenters. The lowest BCUT2D eigenvalue weighted by Gasteiger charge is -2.19. The molecule has 140 valence electrons. The van der Waals surface area contributed by atoms with Gasteiger partial charge in [-0.2, -0.15) is 0 Å². The standard InChI is InChI=1S/C21H32O4/c1-7-24-20-18(22)16(6)17(19(23)21(20)25-8-2)13-12-15(5)11-9-10-14(3)4/h10,12,22-23H,7-9,11,13H2,1-6H3/b15-12+. The highest BCUT2D eigenvalue weighted by Gasteiger charge is 2.23. The van der Waals surface area contributed by atoms with Gasteiger partial charge < -0.3 is 19.7 Å². The average Bonchev–Trinajstić information content (AvgIpc) is 2.55. The van der Waals surface area contributed by atoms with Gasteiger partial charge in [-0.15, -0.1) is 0 Å². The van der Waals surface area contributed by atoms with E-state index in [0.29, 0.717) is 30.8 Å². The molecule has 2 N–H and O–H groups in total. The van der Waals surface area contributed by atoms with Gasteiger partial charge in [-0.1, -0.05) is 23.3 Å². The summed E-state index contributed by atoms with van der Waals surface area (Å²) in [6.07, 6.45) is 6.84. The normalized spacial score (nSPS) is 11.4. The second kappa shape index (κ2) is 10.0. The summed E-state index contributed by atoms with van der Waals surface area (Å²) < 4.78 is 11.0. The van der Waals surface area contributed by atoms with E-state index < -0.39 is 0 Å². The third-order valence-corrected chi connectivity index (χ3v) is 4.05. The Bertz CT molecular complexity index is 638. The maximum Gasteiger partial charge on any atom is 0.207 e. The van der Waals surface area contributed by atoms with E-state index in [1.807, 2.05) is 13.8 Å². The van der Waals surface area contributed by atoms with Crippen LogP contribution in [0.15, 0.2) is 23.3 Å². The van der Waals surface area contributed by atoms with Gasteiger partial charge in [0.15, 0.2) is 11.5 Å². The van der Waals surface area contributed by atoms with Crippen LogP contribution in [0.3, 0.4) is 0 Å². The van der Waals surface area contributed by atoms with Crippen molar-refractivity contribution < 1.29 is 19.7 Å². The van der Waals surface area contributed by atoms with E-state index in [4.69, 9.17) is 9.47 Å². The molecule has 25 heavy (non-hydrogen) atoms. The first kappa shape index (κ1) is 20.9. The maximum atomic E-state index is 10.6. The number of benzene rings is 1. The summed E-state index contributed by atoms with van der Waals surface area (Å²) in [5, 5.41) is 21.1. The van der Waals surface area contributed by atoms with E-state index in [2.05, 4.69) is 32.9 Å². The summed E-state index contributed by atoms with van der Waals surface area (Å²) in [4.78, 5) is 0. The summed E-state index contributed by atoms with van der Waals surface area (Å²) >= 11 is 0. The van der Waals surface area contributed by atoms with E-state index in [0.717, 1.165) is 12.8 Å². The molecule has 0 bridgehead atoms. The topological polar surface area (TPSA) is 58.9 Å².